The van der Waals surface area contributed by atoms with Crippen LogP contribution in [0.3, 0.4) is 0 Å². The van der Waals surface area contributed by atoms with Gasteiger partial charge in [0.1, 0.15) is 0 Å². The van der Waals surface area contributed by atoms with Crippen LogP contribution in [-0.4, -0.2) is 34.9 Å². The Labute approximate surface area is 464 Å². The van der Waals surface area contributed by atoms with E-state index in [1.165, 1.54) is 295 Å². The van der Waals surface area contributed by atoms with Gasteiger partial charge in [-0.3, -0.25) is 4.79 Å². The highest BCUT2D eigenvalue weighted by atomic mass is 16.3. The van der Waals surface area contributed by atoms with Crippen LogP contribution >= 0.6 is 0 Å². The number of aliphatic hydroxyl groups excluding tert-OH is 2. The van der Waals surface area contributed by atoms with Crippen molar-refractivity contribution in [2.24, 2.45) is 0 Å². The van der Waals surface area contributed by atoms with Crippen LogP contribution < -0.4 is 5.32 Å². The summed E-state index contributed by atoms with van der Waals surface area (Å²) in [5, 5.41) is 23.2. The quantitative estimate of drug-likeness (QED) is 0.0420. The first-order valence-corrected chi connectivity index (χ1v) is 33.5. The van der Waals surface area contributed by atoms with Gasteiger partial charge in [0.15, 0.2) is 0 Å². The van der Waals surface area contributed by atoms with Gasteiger partial charge in [-0.25, -0.2) is 0 Å². The minimum atomic E-state index is -0.871. The van der Waals surface area contributed by atoms with Gasteiger partial charge in [-0.05, 0) is 77.0 Å². The van der Waals surface area contributed by atoms with Crippen LogP contribution in [0.2, 0.25) is 0 Å². The largest absolute Gasteiger partial charge is 0.394 e. The summed E-state index contributed by atoms with van der Waals surface area (Å²) in [4.78, 5) is 12.5. The molecule has 0 heterocycles. The Morgan fingerprint density at radius 2 is 0.568 bits per heavy atom. The topological polar surface area (TPSA) is 69.6 Å². The maximum atomic E-state index is 12.5. The Hall–Kier alpha value is -1.91. The van der Waals surface area contributed by atoms with Gasteiger partial charge in [0.05, 0.1) is 18.8 Å². The minimum Gasteiger partial charge on any atom is -0.394 e. The molecule has 4 heteroatoms. The molecule has 0 aromatic carbocycles. The first-order valence-electron chi connectivity index (χ1n) is 33.5. The molecule has 0 saturated heterocycles. The average molecular weight is 1030 g/mol. The Balaban J connectivity index is 3.43. The van der Waals surface area contributed by atoms with Crippen LogP contribution in [0.25, 0.3) is 0 Å². The van der Waals surface area contributed by atoms with Gasteiger partial charge in [0.25, 0.3) is 0 Å². The zero-order chi connectivity index (χ0) is 53.4. The van der Waals surface area contributed by atoms with E-state index in [0.29, 0.717) is 6.42 Å². The number of hydrogen-bond donors (Lipinski definition) is 3. The highest BCUT2D eigenvalue weighted by Crippen LogP contribution is 2.18. The fourth-order valence-corrected chi connectivity index (χ4v) is 10.4. The zero-order valence-electron chi connectivity index (χ0n) is 50.1. The maximum Gasteiger partial charge on any atom is 0.220 e. The summed E-state index contributed by atoms with van der Waals surface area (Å²) in [5.41, 5.74) is 0. The van der Waals surface area contributed by atoms with E-state index in [2.05, 4.69) is 67.8 Å². The number of unbranched alkanes of at least 4 members (excludes halogenated alkanes) is 47. The molecule has 0 fully saturated rings. The molecule has 1 amide bonds. The van der Waals surface area contributed by atoms with Gasteiger partial charge < -0.3 is 15.5 Å². The highest BCUT2D eigenvalue weighted by Gasteiger charge is 2.18. The van der Waals surface area contributed by atoms with Crippen molar-refractivity contribution < 1.29 is 15.0 Å². The van der Waals surface area contributed by atoms with Crippen LogP contribution in [-0.2, 0) is 4.79 Å². The van der Waals surface area contributed by atoms with Crippen LogP contribution in [0, 0.1) is 0 Å². The number of hydrogen-bond acceptors (Lipinski definition) is 3. The standard InChI is InChI=1S/C70H131NO3/c1-3-5-7-9-11-13-15-17-19-21-23-25-26-27-28-29-30-31-32-33-34-35-36-37-38-39-40-41-42-43-44-46-48-50-52-54-56-58-60-62-64-66-70(74)71-68(67-72)69(73)65-63-61-59-57-55-53-51-49-47-45-24-22-20-18-16-14-12-10-8-6-4-2/h15,17,21,23,47,49,55,57,63,65,68-69,72-73H,3-14,16,18-20,22,24-46,48,50-54,56,58-62,64,66-67H2,1-2H3,(H,71,74)/b17-15-,23-21-,49-47+,57-55+,65-63+. The molecule has 0 rings (SSSR count). The second kappa shape index (κ2) is 65.4. The Kier molecular flexibility index (Phi) is 63.7. The lowest BCUT2D eigenvalue weighted by Crippen LogP contribution is -2.45. The van der Waals surface area contributed by atoms with Crippen LogP contribution in [0.1, 0.15) is 361 Å². The number of carbonyl (C=O) groups excluding carboxylic acids is 1. The van der Waals surface area contributed by atoms with Gasteiger partial charge in [-0.2, -0.15) is 0 Å². The molecule has 0 aliphatic carbocycles. The van der Waals surface area contributed by atoms with Crippen molar-refractivity contribution in [2.45, 2.75) is 373 Å². The molecule has 0 aliphatic heterocycles. The molecule has 0 aliphatic rings. The second-order valence-corrected chi connectivity index (χ2v) is 22.9. The molecule has 0 aromatic rings. The molecular formula is C70H131NO3. The molecule has 2 unspecified atom stereocenters. The Bertz CT molecular complexity index is 1220. The minimum absolute atomic E-state index is 0.0720. The van der Waals surface area contributed by atoms with Gasteiger partial charge in [-0.1, -0.05) is 338 Å². The third-order valence-electron chi connectivity index (χ3n) is 15.5. The van der Waals surface area contributed by atoms with E-state index in [4.69, 9.17) is 0 Å². The predicted molar refractivity (Wildman–Crippen MR) is 331 cm³/mol. The van der Waals surface area contributed by atoms with Gasteiger partial charge in [0, 0.05) is 6.42 Å². The summed E-state index contributed by atoms with van der Waals surface area (Å²) >= 11 is 0. The Morgan fingerprint density at radius 1 is 0.324 bits per heavy atom. The molecular weight excluding hydrogens is 903 g/mol. The molecule has 74 heavy (non-hydrogen) atoms. The van der Waals surface area contributed by atoms with Crippen LogP contribution in [0.15, 0.2) is 60.8 Å². The van der Waals surface area contributed by atoms with E-state index in [-0.39, 0.29) is 12.5 Å². The van der Waals surface area contributed by atoms with Crippen molar-refractivity contribution in [2.75, 3.05) is 6.61 Å². The monoisotopic (exact) mass is 1030 g/mol. The molecule has 0 aromatic heterocycles. The molecule has 434 valence electrons. The number of nitrogens with one attached hydrogen (secondary N) is 1. The van der Waals surface area contributed by atoms with E-state index < -0.39 is 12.1 Å². The SMILES string of the molecule is CCCCCCC/C=C\C/C=C\CCCCCCCCCCCCCCCCCCCCCCCCCCCCCCCC(=O)NC(CO)C(O)/C=C/CC/C=C/CC/C=C/CCCCCCCCCCCCC. The lowest BCUT2D eigenvalue weighted by molar-refractivity contribution is -0.123. The first-order chi connectivity index (χ1) is 36.7. The number of carbonyl (C=O) groups is 1. The summed E-state index contributed by atoms with van der Waals surface area (Å²) in [6, 6.07) is -0.646. The molecule has 2 atom stereocenters. The predicted octanol–water partition coefficient (Wildman–Crippen LogP) is 22.7. The lowest BCUT2D eigenvalue weighted by atomic mass is 10.0. The summed E-state index contributed by atoms with van der Waals surface area (Å²) in [6.07, 6.45) is 93.0. The van der Waals surface area contributed by atoms with Gasteiger partial charge in [0.2, 0.25) is 5.91 Å². The lowest BCUT2D eigenvalue weighted by Gasteiger charge is -2.19. The fourth-order valence-electron chi connectivity index (χ4n) is 10.4. The maximum absolute atomic E-state index is 12.5. The van der Waals surface area contributed by atoms with Crippen LogP contribution in [0.4, 0.5) is 0 Å². The number of allylic oxidation sites excluding steroid dienone is 9. The Morgan fingerprint density at radius 3 is 0.865 bits per heavy atom. The van der Waals surface area contributed by atoms with Crippen molar-refractivity contribution in [1.82, 2.24) is 5.32 Å². The van der Waals surface area contributed by atoms with E-state index >= 15 is 0 Å². The summed E-state index contributed by atoms with van der Waals surface area (Å²) in [7, 11) is 0. The van der Waals surface area contributed by atoms with E-state index in [1.807, 2.05) is 6.08 Å². The van der Waals surface area contributed by atoms with E-state index in [9.17, 15) is 15.0 Å². The molecule has 4 nitrogen and oxygen atoms in total. The third-order valence-corrected chi connectivity index (χ3v) is 15.5. The summed E-state index contributed by atoms with van der Waals surface area (Å²) in [5.74, 6) is -0.0720. The van der Waals surface area contributed by atoms with E-state index in [1.54, 1.807) is 6.08 Å². The molecule has 3 N–H and O–H groups in total. The molecule has 0 spiro atoms. The summed E-state index contributed by atoms with van der Waals surface area (Å²) in [6.45, 7) is 4.31. The van der Waals surface area contributed by atoms with Crippen molar-refractivity contribution >= 4 is 5.91 Å². The van der Waals surface area contributed by atoms with Gasteiger partial charge in [-0.15, -0.1) is 0 Å². The average Bonchev–Trinajstić information content (AvgIpc) is 3.40. The van der Waals surface area contributed by atoms with Gasteiger partial charge >= 0.3 is 0 Å². The number of amides is 1. The smallest absolute Gasteiger partial charge is 0.220 e. The highest BCUT2D eigenvalue weighted by molar-refractivity contribution is 5.76. The first kappa shape index (κ1) is 72.1. The molecule has 0 radical (unpaired) electrons. The second-order valence-electron chi connectivity index (χ2n) is 22.9. The van der Waals surface area contributed by atoms with Crippen molar-refractivity contribution in [3.8, 4) is 0 Å². The molecule has 0 bridgehead atoms. The van der Waals surface area contributed by atoms with Crippen molar-refractivity contribution in [1.29, 1.82) is 0 Å². The van der Waals surface area contributed by atoms with Crippen LogP contribution in [0.5, 0.6) is 0 Å². The van der Waals surface area contributed by atoms with Crippen molar-refractivity contribution in [3.63, 3.8) is 0 Å². The number of aliphatic hydroxyl groups is 2. The fraction of sp³-hybridized carbons (Fsp3) is 0.843. The molecule has 0 saturated carbocycles. The zero-order valence-corrected chi connectivity index (χ0v) is 50.1. The third kappa shape index (κ3) is 60.9. The normalized spacial score (nSPS) is 13.1. The number of rotatable bonds is 62. The van der Waals surface area contributed by atoms with Crippen molar-refractivity contribution in [3.05, 3.63) is 60.8 Å². The van der Waals surface area contributed by atoms with E-state index in [0.717, 1.165) is 44.9 Å². The summed E-state index contributed by atoms with van der Waals surface area (Å²) < 4.78 is 0.